The zero-order valence-electron chi connectivity index (χ0n) is 9.16. The van der Waals surface area contributed by atoms with E-state index in [9.17, 15) is 10.3 Å². The molecule has 1 aliphatic heterocycles. The lowest BCUT2D eigenvalue weighted by atomic mass is 9.73. The van der Waals surface area contributed by atoms with Crippen LogP contribution in [0.2, 0.25) is 0 Å². The maximum atomic E-state index is 11.9. The fourth-order valence-electron chi connectivity index (χ4n) is 2.21. The van der Waals surface area contributed by atoms with Crippen LogP contribution in [0, 0.1) is 5.92 Å². The molecule has 0 aromatic rings. The predicted molar refractivity (Wildman–Crippen MR) is 50.5 cm³/mol. The SMILES string of the molecule is CC1C(O)CC(C)(C)N([O])C1(C)C. The third-order valence-corrected chi connectivity index (χ3v) is 3.47. The van der Waals surface area contributed by atoms with Gasteiger partial charge in [0.25, 0.3) is 0 Å². The number of piperidine rings is 1. The van der Waals surface area contributed by atoms with Crippen molar-refractivity contribution in [1.29, 1.82) is 0 Å². The number of hydrogen-bond acceptors (Lipinski definition) is 2. The molecule has 2 unspecified atom stereocenters. The second-order valence-electron chi connectivity index (χ2n) is 5.32. The van der Waals surface area contributed by atoms with Gasteiger partial charge in [-0.25, -0.2) is 0 Å². The topological polar surface area (TPSA) is 43.4 Å². The average molecular weight is 186 g/mol. The molecule has 0 aliphatic carbocycles. The van der Waals surface area contributed by atoms with E-state index in [0.717, 1.165) is 5.06 Å². The highest BCUT2D eigenvalue weighted by molar-refractivity contribution is 4.99. The van der Waals surface area contributed by atoms with E-state index in [2.05, 4.69) is 0 Å². The highest BCUT2D eigenvalue weighted by Crippen LogP contribution is 2.40. The van der Waals surface area contributed by atoms with E-state index in [0.29, 0.717) is 6.42 Å². The van der Waals surface area contributed by atoms with Gasteiger partial charge in [-0.2, -0.15) is 0 Å². The smallest absolute Gasteiger partial charge is 0.0602 e. The van der Waals surface area contributed by atoms with E-state index in [-0.39, 0.29) is 12.0 Å². The fourth-order valence-corrected chi connectivity index (χ4v) is 2.21. The fraction of sp³-hybridized carbons (Fsp3) is 1.00. The van der Waals surface area contributed by atoms with Gasteiger partial charge in [-0.05, 0) is 34.1 Å². The Bertz CT molecular complexity index is 201. The molecule has 0 spiro atoms. The summed E-state index contributed by atoms with van der Waals surface area (Å²) in [7, 11) is 0. The van der Waals surface area contributed by atoms with Crippen LogP contribution in [0.1, 0.15) is 41.0 Å². The molecule has 1 aliphatic rings. The van der Waals surface area contributed by atoms with Crippen LogP contribution < -0.4 is 0 Å². The van der Waals surface area contributed by atoms with Crippen LogP contribution in [0.25, 0.3) is 0 Å². The third kappa shape index (κ3) is 1.60. The first-order valence-corrected chi connectivity index (χ1v) is 4.85. The molecule has 0 amide bonds. The molecule has 3 heteroatoms. The van der Waals surface area contributed by atoms with Crippen molar-refractivity contribution in [1.82, 2.24) is 5.06 Å². The van der Waals surface area contributed by atoms with Gasteiger partial charge in [0.1, 0.15) is 0 Å². The number of hydrogen-bond donors (Lipinski definition) is 1. The Morgan fingerprint density at radius 2 is 1.77 bits per heavy atom. The highest BCUT2D eigenvalue weighted by Gasteiger charge is 2.50. The van der Waals surface area contributed by atoms with Crippen LogP contribution >= 0.6 is 0 Å². The molecule has 1 saturated heterocycles. The van der Waals surface area contributed by atoms with Crippen LogP contribution in [0.5, 0.6) is 0 Å². The lowest BCUT2D eigenvalue weighted by Crippen LogP contribution is -2.63. The quantitative estimate of drug-likeness (QED) is 0.624. The van der Waals surface area contributed by atoms with Gasteiger partial charge in [0, 0.05) is 17.0 Å². The van der Waals surface area contributed by atoms with Crippen molar-refractivity contribution >= 4 is 0 Å². The Morgan fingerprint density at radius 1 is 1.31 bits per heavy atom. The summed E-state index contributed by atoms with van der Waals surface area (Å²) in [5.74, 6) is 0.0259. The molecule has 1 fully saturated rings. The van der Waals surface area contributed by atoms with Crippen LogP contribution in [0.3, 0.4) is 0 Å². The number of hydroxylamine groups is 2. The Kier molecular flexibility index (Phi) is 2.48. The summed E-state index contributed by atoms with van der Waals surface area (Å²) >= 11 is 0. The van der Waals surface area contributed by atoms with Crippen LogP contribution in [0.15, 0.2) is 0 Å². The summed E-state index contributed by atoms with van der Waals surface area (Å²) in [6.45, 7) is 9.50. The maximum absolute atomic E-state index is 11.9. The van der Waals surface area contributed by atoms with Crippen molar-refractivity contribution in [3.8, 4) is 0 Å². The molecule has 3 nitrogen and oxygen atoms in total. The monoisotopic (exact) mass is 186 g/mol. The largest absolute Gasteiger partial charge is 0.393 e. The van der Waals surface area contributed by atoms with E-state index in [1.54, 1.807) is 0 Å². The molecule has 0 bridgehead atoms. The minimum Gasteiger partial charge on any atom is -0.393 e. The van der Waals surface area contributed by atoms with Crippen molar-refractivity contribution in [2.75, 3.05) is 0 Å². The molecule has 0 saturated carbocycles. The van der Waals surface area contributed by atoms with Crippen molar-refractivity contribution < 1.29 is 10.3 Å². The molecule has 1 rings (SSSR count). The van der Waals surface area contributed by atoms with Crippen LogP contribution in [-0.4, -0.2) is 27.4 Å². The molecule has 1 radical (unpaired) electrons. The first-order chi connectivity index (χ1) is 5.69. The zero-order chi connectivity index (χ0) is 10.4. The van der Waals surface area contributed by atoms with Gasteiger partial charge >= 0.3 is 0 Å². The van der Waals surface area contributed by atoms with E-state index >= 15 is 0 Å². The summed E-state index contributed by atoms with van der Waals surface area (Å²) < 4.78 is 0. The van der Waals surface area contributed by atoms with Gasteiger partial charge in [-0.3, -0.25) is 0 Å². The predicted octanol–water partition coefficient (Wildman–Crippen LogP) is 1.59. The minimum absolute atomic E-state index is 0.0259. The normalized spacial score (nSPS) is 39.0. The number of rotatable bonds is 0. The number of aliphatic hydroxyl groups is 1. The minimum atomic E-state index is -0.471. The standard InChI is InChI=1S/C10H20NO2/c1-7-8(12)6-9(2,3)11(13)10(7,4)5/h7-8,12H,6H2,1-5H3. The molecule has 1 heterocycles. The number of nitrogens with zero attached hydrogens (tertiary/aromatic N) is 1. The zero-order valence-corrected chi connectivity index (χ0v) is 9.16. The molecule has 1 N–H and O–H groups in total. The van der Waals surface area contributed by atoms with E-state index < -0.39 is 11.1 Å². The number of aliphatic hydroxyl groups excluding tert-OH is 1. The lowest BCUT2D eigenvalue weighted by Gasteiger charge is -2.52. The Labute approximate surface area is 80.3 Å². The van der Waals surface area contributed by atoms with Gasteiger partial charge in [0.2, 0.25) is 0 Å². The first kappa shape index (κ1) is 11.0. The summed E-state index contributed by atoms with van der Waals surface area (Å²) in [5.41, 5.74) is -0.920. The molecule has 0 aromatic carbocycles. The Balaban J connectivity index is 2.96. The summed E-state index contributed by atoms with van der Waals surface area (Å²) in [4.78, 5) is 0. The van der Waals surface area contributed by atoms with Crippen LogP contribution in [0.4, 0.5) is 0 Å². The van der Waals surface area contributed by atoms with E-state index in [1.165, 1.54) is 0 Å². The first-order valence-electron chi connectivity index (χ1n) is 4.85. The van der Waals surface area contributed by atoms with Gasteiger partial charge in [0.15, 0.2) is 0 Å². The second-order valence-corrected chi connectivity index (χ2v) is 5.32. The van der Waals surface area contributed by atoms with Gasteiger partial charge in [-0.1, -0.05) is 6.92 Å². The molecule has 77 valence electrons. The van der Waals surface area contributed by atoms with Crippen molar-refractivity contribution in [3.05, 3.63) is 0 Å². The average Bonchev–Trinajstić information content (AvgIpc) is 1.98. The van der Waals surface area contributed by atoms with E-state index in [1.807, 2.05) is 34.6 Å². The third-order valence-electron chi connectivity index (χ3n) is 3.47. The molecular formula is C10H20NO2. The van der Waals surface area contributed by atoms with Gasteiger partial charge in [-0.15, -0.1) is 10.3 Å². The maximum Gasteiger partial charge on any atom is 0.0602 e. The molecule has 13 heavy (non-hydrogen) atoms. The molecular weight excluding hydrogens is 166 g/mol. The van der Waals surface area contributed by atoms with E-state index in [4.69, 9.17) is 0 Å². The summed E-state index contributed by atoms with van der Waals surface area (Å²) in [5, 5.41) is 22.9. The molecule has 0 aromatic heterocycles. The van der Waals surface area contributed by atoms with Crippen LogP contribution in [-0.2, 0) is 5.21 Å². The Morgan fingerprint density at radius 3 is 2.23 bits per heavy atom. The van der Waals surface area contributed by atoms with Crippen molar-refractivity contribution in [2.24, 2.45) is 5.92 Å². The van der Waals surface area contributed by atoms with Crippen molar-refractivity contribution in [2.45, 2.75) is 58.2 Å². The van der Waals surface area contributed by atoms with Crippen molar-refractivity contribution in [3.63, 3.8) is 0 Å². The lowest BCUT2D eigenvalue weighted by molar-refractivity contribution is -0.313. The van der Waals surface area contributed by atoms with Gasteiger partial charge < -0.3 is 5.11 Å². The summed E-state index contributed by atoms with van der Waals surface area (Å²) in [6, 6.07) is 0. The molecule has 2 atom stereocenters. The van der Waals surface area contributed by atoms with Gasteiger partial charge in [0.05, 0.1) is 6.10 Å². The second kappa shape index (κ2) is 2.94. The summed E-state index contributed by atoms with van der Waals surface area (Å²) in [6.07, 6.45) is 0.191. The highest BCUT2D eigenvalue weighted by atomic mass is 16.5. The Hall–Kier alpha value is -0.120.